The molecule has 0 aromatic heterocycles. The van der Waals surface area contributed by atoms with Crippen LogP contribution >= 0.6 is 23.2 Å². The van der Waals surface area contributed by atoms with Crippen molar-refractivity contribution in [1.29, 1.82) is 0 Å². The molecule has 0 radical (unpaired) electrons. The summed E-state index contributed by atoms with van der Waals surface area (Å²) >= 11 is 12.1. The number of carbonyl (C=O) groups excluding carboxylic acids is 1. The van der Waals surface area contributed by atoms with E-state index in [-0.39, 0.29) is 5.91 Å². The summed E-state index contributed by atoms with van der Waals surface area (Å²) in [6, 6.07) is 13.1. The van der Waals surface area contributed by atoms with Gasteiger partial charge in [0.05, 0.1) is 17.7 Å². The Bertz CT molecular complexity index is 742. The molecular formula is C19H20Cl2N2O2. The van der Waals surface area contributed by atoms with Crippen LogP contribution < -0.4 is 4.74 Å². The zero-order chi connectivity index (χ0) is 17.8. The summed E-state index contributed by atoms with van der Waals surface area (Å²) in [5.41, 5.74) is 1.70. The van der Waals surface area contributed by atoms with Crippen LogP contribution in [0.2, 0.25) is 10.0 Å². The van der Waals surface area contributed by atoms with Crippen LogP contribution in [0.5, 0.6) is 5.75 Å². The van der Waals surface area contributed by atoms with Gasteiger partial charge in [0, 0.05) is 37.7 Å². The molecule has 1 saturated heterocycles. The third kappa shape index (κ3) is 4.46. The lowest BCUT2D eigenvalue weighted by Crippen LogP contribution is -2.48. The van der Waals surface area contributed by atoms with Crippen LogP contribution in [0, 0.1) is 0 Å². The van der Waals surface area contributed by atoms with Gasteiger partial charge < -0.3 is 9.64 Å². The minimum Gasteiger partial charge on any atom is -0.497 e. The molecule has 0 spiro atoms. The molecule has 0 bridgehead atoms. The Kier molecular flexibility index (Phi) is 5.84. The number of nitrogens with zero attached hydrogens (tertiary/aromatic N) is 2. The first-order chi connectivity index (χ1) is 12.1. The van der Waals surface area contributed by atoms with E-state index in [1.54, 1.807) is 25.3 Å². The maximum absolute atomic E-state index is 12.7. The Hall–Kier alpha value is -1.75. The van der Waals surface area contributed by atoms with Crippen molar-refractivity contribution in [3.63, 3.8) is 0 Å². The van der Waals surface area contributed by atoms with Crippen molar-refractivity contribution >= 4 is 29.1 Å². The fourth-order valence-electron chi connectivity index (χ4n) is 2.93. The van der Waals surface area contributed by atoms with Gasteiger partial charge in [-0.05, 0) is 35.9 Å². The topological polar surface area (TPSA) is 32.8 Å². The average molecular weight is 379 g/mol. The standard InChI is InChI=1S/C19H20Cl2N2O2/c1-25-16-5-2-14(3-6-16)13-22-8-10-23(11-9-22)19(24)17-12-15(20)4-7-18(17)21/h2-7,12H,8-11,13H2,1H3. The Morgan fingerprint density at radius 1 is 1.04 bits per heavy atom. The van der Waals surface area contributed by atoms with Crippen LogP contribution in [0.4, 0.5) is 0 Å². The average Bonchev–Trinajstić information content (AvgIpc) is 2.64. The van der Waals surface area contributed by atoms with E-state index >= 15 is 0 Å². The summed E-state index contributed by atoms with van der Waals surface area (Å²) in [7, 11) is 1.66. The number of ether oxygens (including phenoxy) is 1. The number of amides is 1. The number of rotatable bonds is 4. The zero-order valence-electron chi connectivity index (χ0n) is 14.0. The highest BCUT2D eigenvalue weighted by molar-refractivity contribution is 6.35. The van der Waals surface area contributed by atoms with Gasteiger partial charge in [0.15, 0.2) is 0 Å². The van der Waals surface area contributed by atoms with Gasteiger partial charge in [-0.3, -0.25) is 9.69 Å². The van der Waals surface area contributed by atoms with E-state index in [2.05, 4.69) is 17.0 Å². The molecule has 1 aliphatic heterocycles. The monoisotopic (exact) mass is 378 g/mol. The number of hydrogen-bond donors (Lipinski definition) is 0. The number of methoxy groups -OCH3 is 1. The molecule has 4 nitrogen and oxygen atoms in total. The molecule has 1 amide bonds. The number of hydrogen-bond acceptors (Lipinski definition) is 3. The molecule has 132 valence electrons. The molecule has 0 saturated carbocycles. The summed E-state index contributed by atoms with van der Waals surface area (Å²) in [6.07, 6.45) is 0. The molecule has 1 aliphatic rings. The molecule has 1 heterocycles. The minimum atomic E-state index is -0.0587. The lowest BCUT2D eigenvalue weighted by molar-refractivity contribution is 0.0628. The normalized spacial score (nSPS) is 15.2. The molecule has 0 aliphatic carbocycles. The van der Waals surface area contributed by atoms with Crippen LogP contribution in [0.15, 0.2) is 42.5 Å². The van der Waals surface area contributed by atoms with Crippen molar-refractivity contribution < 1.29 is 9.53 Å². The van der Waals surface area contributed by atoms with E-state index in [1.165, 1.54) is 5.56 Å². The van der Waals surface area contributed by atoms with Crippen LogP contribution in [0.1, 0.15) is 15.9 Å². The van der Waals surface area contributed by atoms with Crippen LogP contribution in [-0.4, -0.2) is 49.0 Å². The lowest BCUT2D eigenvalue weighted by atomic mass is 10.1. The molecular weight excluding hydrogens is 359 g/mol. The van der Waals surface area contributed by atoms with Crippen molar-refractivity contribution in [1.82, 2.24) is 9.80 Å². The minimum absolute atomic E-state index is 0.0587. The zero-order valence-corrected chi connectivity index (χ0v) is 15.6. The molecule has 0 atom stereocenters. The maximum Gasteiger partial charge on any atom is 0.255 e. The molecule has 0 unspecified atom stereocenters. The fourth-order valence-corrected chi connectivity index (χ4v) is 3.30. The second kappa shape index (κ2) is 8.09. The highest BCUT2D eigenvalue weighted by Crippen LogP contribution is 2.23. The van der Waals surface area contributed by atoms with E-state index < -0.39 is 0 Å². The van der Waals surface area contributed by atoms with Crippen molar-refractivity contribution in [2.24, 2.45) is 0 Å². The summed E-state index contributed by atoms with van der Waals surface area (Å²) in [6.45, 7) is 3.88. The predicted molar refractivity (Wildman–Crippen MR) is 101 cm³/mol. The van der Waals surface area contributed by atoms with E-state index in [1.807, 2.05) is 17.0 Å². The summed E-state index contributed by atoms with van der Waals surface area (Å²) in [4.78, 5) is 16.8. The SMILES string of the molecule is COc1ccc(CN2CCN(C(=O)c3cc(Cl)ccc3Cl)CC2)cc1. The van der Waals surface area contributed by atoms with Crippen molar-refractivity contribution in [2.45, 2.75) is 6.54 Å². The molecule has 0 N–H and O–H groups in total. The van der Waals surface area contributed by atoms with Gasteiger partial charge in [0.1, 0.15) is 5.75 Å². The molecule has 25 heavy (non-hydrogen) atoms. The van der Waals surface area contributed by atoms with E-state index in [4.69, 9.17) is 27.9 Å². The highest BCUT2D eigenvalue weighted by Gasteiger charge is 2.23. The van der Waals surface area contributed by atoms with E-state index in [0.29, 0.717) is 28.7 Å². The number of halogens is 2. The first-order valence-corrected chi connectivity index (χ1v) is 8.92. The van der Waals surface area contributed by atoms with Gasteiger partial charge in [0.2, 0.25) is 0 Å². The number of carbonyl (C=O) groups is 1. The van der Waals surface area contributed by atoms with Crippen LogP contribution in [0.25, 0.3) is 0 Å². The third-order valence-corrected chi connectivity index (χ3v) is 4.95. The lowest BCUT2D eigenvalue weighted by Gasteiger charge is -2.35. The van der Waals surface area contributed by atoms with Crippen molar-refractivity contribution in [2.75, 3.05) is 33.3 Å². The quantitative estimate of drug-likeness (QED) is 0.806. The molecule has 2 aromatic carbocycles. The predicted octanol–water partition coefficient (Wildman–Crippen LogP) is 3.96. The highest BCUT2D eigenvalue weighted by atomic mass is 35.5. The first-order valence-electron chi connectivity index (χ1n) is 8.16. The van der Waals surface area contributed by atoms with E-state index in [9.17, 15) is 4.79 Å². The molecule has 6 heteroatoms. The van der Waals surface area contributed by atoms with Gasteiger partial charge in [-0.15, -0.1) is 0 Å². The Labute approximate surface area is 157 Å². The summed E-state index contributed by atoms with van der Waals surface area (Å²) in [5.74, 6) is 0.800. The second-order valence-corrected chi connectivity index (χ2v) is 6.88. The smallest absolute Gasteiger partial charge is 0.255 e. The van der Waals surface area contributed by atoms with Crippen LogP contribution in [-0.2, 0) is 6.54 Å². The summed E-state index contributed by atoms with van der Waals surface area (Å²) < 4.78 is 5.18. The Morgan fingerprint density at radius 3 is 2.36 bits per heavy atom. The third-order valence-electron chi connectivity index (χ3n) is 4.38. The number of benzene rings is 2. The largest absolute Gasteiger partial charge is 0.497 e. The number of piperazine rings is 1. The second-order valence-electron chi connectivity index (χ2n) is 6.04. The Morgan fingerprint density at radius 2 is 1.72 bits per heavy atom. The van der Waals surface area contributed by atoms with Gasteiger partial charge >= 0.3 is 0 Å². The van der Waals surface area contributed by atoms with Crippen LogP contribution in [0.3, 0.4) is 0 Å². The summed E-state index contributed by atoms with van der Waals surface area (Å²) in [5, 5.41) is 0.959. The molecule has 3 rings (SSSR count). The first kappa shape index (κ1) is 18.1. The van der Waals surface area contributed by atoms with Gasteiger partial charge in [-0.25, -0.2) is 0 Å². The molecule has 1 fully saturated rings. The van der Waals surface area contributed by atoms with Gasteiger partial charge in [-0.2, -0.15) is 0 Å². The van der Waals surface area contributed by atoms with Gasteiger partial charge in [0.25, 0.3) is 5.91 Å². The van der Waals surface area contributed by atoms with Gasteiger partial charge in [-0.1, -0.05) is 35.3 Å². The van der Waals surface area contributed by atoms with Crippen molar-refractivity contribution in [3.8, 4) is 5.75 Å². The Balaban J connectivity index is 1.57. The van der Waals surface area contributed by atoms with E-state index in [0.717, 1.165) is 25.4 Å². The molecule has 2 aromatic rings. The maximum atomic E-state index is 12.7. The fraction of sp³-hybridized carbons (Fsp3) is 0.316. The van der Waals surface area contributed by atoms with Crippen molar-refractivity contribution in [3.05, 3.63) is 63.6 Å².